The van der Waals surface area contributed by atoms with Crippen molar-refractivity contribution in [3.63, 3.8) is 0 Å². The lowest BCUT2D eigenvalue weighted by molar-refractivity contribution is 0.668. The smallest absolute Gasteiger partial charge is 0.0409 e. The number of benzene rings is 1. The van der Waals surface area contributed by atoms with Crippen molar-refractivity contribution in [1.29, 1.82) is 0 Å². The molecule has 0 spiro atoms. The third-order valence-corrected chi connectivity index (χ3v) is 2.27. The topological polar surface area (TPSA) is 26.0 Å². The summed E-state index contributed by atoms with van der Waals surface area (Å²) in [5.41, 5.74) is 7.06. The Kier molecular flexibility index (Phi) is 4.52. The minimum Gasteiger partial charge on any atom is -0.324 e. The standard InChI is InChI=1S/C12H14ClN/c1-2-3-4-8-12(14)10-6-5-7-11(13)9-10/h5-7,9,12H,4,8,14H2,1H3. The van der Waals surface area contributed by atoms with Crippen LogP contribution >= 0.6 is 11.6 Å². The normalized spacial score (nSPS) is 11.6. The predicted octanol–water partition coefficient (Wildman–Crippen LogP) is 3.14. The number of nitrogens with two attached hydrogens (primary N) is 1. The molecule has 0 radical (unpaired) electrons. The molecule has 2 heteroatoms. The predicted molar refractivity (Wildman–Crippen MR) is 61.1 cm³/mol. The van der Waals surface area contributed by atoms with Gasteiger partial charge in [-0.25, -0.2) is 0 Å². The van der Waals surface area contributed by atoms with E-state index in [2.05, 4.69) is 11.8 Å². The molecule has 74 valence electrons. The van der Waals surface area contributed by atoms with Crippen LogP contribution in [0.2, 0.25) is 5.02 Å². The Bertz CT molecular complexity index is 349. The van der Waals surface area contributed by atoms with Gasteiger partial charge in [0.2, 0.25) is 0 Å². The van der Waals surface area contributed by atoms with Crippen molar-refractivity contribution in [3.8, 4) is 11.8 Å². The van der Waals surface area contributed by atoms with Crippen molar-refractivity contribution in [2.24, 2.45) is 5.73 Å². The molecule has 1 rings (SSSR count). The Hall–Kier alpha value is -0.970. The minimum atomic E-state index is 0.0366. The quantitative estimate of drug-likeness (QED) is 0.758. The van der Waals surface area contributed by atoms with Gasteiger partial charge in [0, 0.05) is 17.5 Å². The van der Waals surface area contributed by atoms with Crippen LogP contribution in [0.25, 0.3) is 0 Å². The molecular weight excluding hydrogens is 194 g/mol. The number of rotatable bonds is 3. The molecule has 1 aromatic carbocycles. The van der Waals surface area contributed by atoms with E-state index in [4.69, 9.17) is 17.3 Å². The summed E-state index contributed by atoms with van der Waals surface area (Å²) in [7, 11) is 0. The summed E-state index contributed by atoms with van der Waals surface area (Å²) in [6.45, 7) is 1.84. The Balaban J connectivity index is 2.58. The van der Waals surface area contributed by atoms with Gasteiger partial charge in [0.15, 0.2) is 0 Å². The van der Waals surface area contributed by atoms with Crippen LogP contribution in [0.5, 0.6) is 0 Å². The summed E-state index contributed by atoms with van der Waals surface area (Å²) in [6, 6.07) is 7.71. The van der Waals surface area contributed by atoms with Gasteiger partial charge in [-0.1, -0.05) is 23.7 Å². The highest BCUT2D eigenvalue weighted by Crippen LogP contribution is 2.19. The fraction of sp³-hybridized carbons (Fsp3) is 0.333. The van der Waals surface area contributed by atoms with Crippen LogP contribution in [-0.2, 0) is 0 Å². The Morgan fingerprint density at radius 1 is 1.50 bits per heavy atom. The number of hydrogen-bond acceptors (Lipinski definition) is 1. The highest BCUT2D eigenvalue weighted by molar-refractivity contribution is 6.30. The molecule has 0 amide bonds. The highest BCUT2D eigenvalue weighted by Gasteiger charge is 2.04. The van der Waals surface area contributed by atoms with Gasteiger partial charge in [-0.2, -0.15) is 0 Å². The van der Waals surface area contributed by atoms with Gasteiger partial charge in [-0.05, 0) is 31.0 Å². The molecule has 0 heterocycles. The minimum absolute atomic E-state index is 0.0366. The maximum atomic E-state index is 5.98. The van der Waals surface area contributed by atoms with Crippen LogP contribution in [0.1, 0.15) is 31.4 Å². The summed E-state index contributed by atoms with van der Waals surface area (Å²) in [4.78, 5) is 0. The Morgan fingerprint density at radius 2 is 2.29 bits per heavy atom. The monoisotopic (exact) mass is 207 g/mol. The zero-order chi connectivity index (χ0) is 10.4. The molecule has 0 saturated carbocycles. The molecule has 0 fully saturated rings. The number of halogens is 1. The molecule has 2 N–H and O–H groups in total. The van der Waals surface area contributed by atoms with Crippen molar-refractivity contribution < 1.29 is 0 Å². The molecule has 0 aliphatic carbocycles. The van der Waals surface area contributed by atoms with Gasteiger partial charge >= 0.3 is 0 Å². The maximum absolute atomic E-state index is 5.98. The van der Waals surface area contributed by atoms with E-state index in [1.807, 2.05) is 31.2 Å². The van der Waals surface area contributed by atoms with Crippen LogP contribution in [0.4, 0.5) is 0 Å². The molecule has 1 aromatic rings. The summed E-state index contributed by atoms with van der Waals surface area (Å²) in [5, 5.41) is 0.736. The highest BCUT2D eigenvalue weighted by atomic mass is 35.5. The van der Waals surface area contributed by atoms with Crippen LogP contribution in [-0.4, -0.2) is 0 Å². The van der Waals surface area contributed by atoms with Crippen LogP contribution in [0.3, 0.4) is 0 Å². The zero-order valence-corrected chi connectivity index (χ0v) is 9.01. The number of hydrogen-bond donors (Lipinski definition) is 1. The van der Waals surface area contributed by atoms with Crippen LogP contribution in [0, 0.1) is 11.8 Å². The molecule has 14 heavy (non-hydrogen) atoms. The molecular formula is C12H14ClN. The largest absolute Gasteiger partial charge is 0.324 e. The van der Waals surface area contributed by atoms with Crippen molar-refractivity contribution in [2.75, 3.05) is 0 Å². The third-order valence-electron chi connectivity index (χ3n) is 2.03. The second-order valence-electron chi connectivity index (χ2n) is 3.13. The van der Waals surface area contributed by atoms with Crippen molar-refractivity contribution in [3.05, 3.63) is 34.9 Å². The fourth-order valence-corrected chi connectivity index (χ4v) is 1.46. The zero-order valence-electron chi connectivity index (χ0n) is 8.26. The second kappa shape index (κ2) is 5.70. The Labute approximate surface area is 90.3 Å². The summed E-state index contributed by atoms with van der Waals surface area (Å²) in [5.74, 6) is 5.85. The van der Waals surface area contributed by atoms with E-state index in [1.54, 1.807) is 0 Å². The first kappa shape index (κ1) is 11.1. The van der Waals surface area contributed by atoms with E-state index in [0.717, 1.165) is 23.4 Å². The van der Waals surface area contributed by atoms with E-state index >= 15 is 0 Å². The van der Waals surface area contributed by atoms with E-state index in [9.17, 15) is 0 Å². The molecule has 1 unspecified atom stereocenters. The molecule has 1 atom stereocenters. The third kappa shape index (κ3) is 3.41. The summed E-state index contributed by atoms with van der Waals surface area (Å²) in [6.07, 6.45) is 1.71. The van der Waals surface area contributed by atoms with E-state index in [1.165, 1.54) is 0 Å². The van der Waals surface area contributed by atoms with Gasteiger partial charge in [-0.15, -0.1) is 11.8 Å². The van der Waals surface area contributed by atoms with Crippen molar-refractivity contribution in [1.82, 2.24) is 0 Å². The van der Waals surface area contributed by atoms with Crippen molar-refractivity contribution >= 4 is 11.6 Å². The molecule has 0 bridgehead atoms. The van der Waals surface area contributed by atoms with Gasteiger partial charge in [0.25, 0.3) is 0 Å². The SMILES string of the molecule is CC#CCCC(N)c1cccc(Cl)c1. The average Bonchev–Trinajstić information content (AvgIpc) is 2.18. The van der Waals surface area contributed by atoms with Gasteiger partial charge < -0.3 is 5.73 Å². The lowest BCUT2D eigenvalue weighted by Gasteiger charge is -2.09. The van der Waals surface area contributed by atoms with Crippen LogP contribution < -0.4 is 5.73 Å². The van der Waals surface area contributed by atoms with Gasteiger partial charge in [-0.3, -0.25) is 0 Å². The van der Waals surface area contributed by atoms with Gasteiger partial charge in [0.05, 0.1) is 0 Å². The fourth-order valence-electron chi connectivity index (χ4n) is 1.26. The summed E-state index contributed by atoms with van der Waals surface area (Å²) >= 11 is 5.87. The van der Waals surface area contributed by atoms with Crippen molar-refractivity contribution in [2.45, 2.75) is 25.8 Å². The second-order valence-corrected chi connectivity index (χ2v) is 3.56. The molecule has 0 aromatic heterocycles. The molecule has 0 aliphatic heterocycles. The lowest BCUT2D eigenvalue weighted by Crippen LogP contribution is -2.09. The first-order chi connectivity index (χ1) is 6.74. The lowest BCUT2D eigenvalue weighted by atomic mass is 10.0. The molecule has 0 aliphatic rings. The Morgan fingerprint density at radius 3 is 2.93 bits per heavy atom. The summed E-state index contributed by atoms with van der Waals surface area (Å²) < 4.78 is 0. The molecule has 1 nitrogen and oxygen atoms in total. The average molecular weight is 208 g/mol. The van der Waals surface area contributed by atoms with E-state index < -0.39 is 0 Å². The first-order valence-corrected chi connectivity index (χ1v) is 5.02. The molecule has 0 saturated heterocycles. The maximum Gasteiger partial charge on any atom is 0.0409 e. The van der Waals surface area contributed by atoms with Gasteiger partial charge in [0.1, 0.15) is 0 Å². The first-order valence-electron chi connectivity index (χ1n) is 4.64. The van der Waals surface area contributed by atoms with E-state index in [0.29, 0.717) is 0 Å². The van der Waals surface area contributed by atoms with E-state index in [-0.39, 0.29) is 6.04 Å². The van der Waals surface area contributed by atoms with Crippen LogP contribution in [0.15, 0.2) is 24.3 Å².